The average molecular weight is 425 g/mol. The number of benzene rings is 1. The molecule has 1 amide bonds. The first-order valence-electron chi connectivity index (χ1n) is 9.96. The molecule has 2 heterocycles. The fourth-order valence-corrected chi connectivity index (χ4v) is 5.11. The molecule has 1 atom stereocenters. The van der Waals surface area contributed by atoms with Gasteiger partial charge in [0.15, 0.2) is 6.61 Å². The standard InChI is InChI=1S/C20H28N2O6S/c1-15-6-7-17(29(25,26)21-9-11-27-12-10-21)13-18(15)20(24)28-14-19(23)22-8-4-3-5-16(22)2/h6-7,13,16H,3-5,8-12,14H2,1-2H3/t16-/m0/s1. The second kappa shape index (κ2) is 9.23. The predicted octanol–water partition coefficient (Wildman–Crippen LogP) is 1.57. The SMILES string of the molecule is Cc1ccc(S(=O)(=O)N2CCOCC2)cc1C(=O)OCC(=O)N1CCCC[C@@H]1C. The Labute approximate surface area is 171 Å². The summed E-state index contributed by atoms with van der Waals surface area (Å²) in [6, 6.07) is 4.53. The van der Waals surface area contributed by atoms with E-state index in [0.29, 0.717) is 25.3 Å². The number of likely N-dealkylation sites (tertiary alicyclic amines) is 1. The van der Waals surface area contributed by atoms with Crippen LogP contribution in [0.15, 0.2) is 23.1 Å². The summed E-state index contributed by atoms with van der Waals surface area (Å²) >= 11 is 0. The lowest BCUT2D eigenvalue weighted by Crippen LogP contribution is -2.44. The highest BCUT2D eigenvalue weighted by Crippen LogP contribution is 2.22. The molecule has 0 bridgehead atoms. The highest BCUT2D eigenvalue weighted by molar-refractivity contribution is 7.89. The summed E-state index contributed by atoms with van der Waals surface area (Å²) in [5.41, 5.74) is 0.744. The Balaban J connectivity index is 1.70. The van der Waals surface area contributed by atoms with E-state index < -0.39 is 16.0 Å². The molecule has 3 rings (SSSR count). The lowest BCUT2D eigenvalue weighted by Gasteiger charge is -2.33. The number of carbonyl (C=O) groups excluding carboxylic acids is 2. The molecule has 1 aromatic carbocycles. The van der Waals surface area contributed by atoms with Gasteiger partial charge >= 0.3 is 5.97 Å². The van der Waals surface area contributed by atoms with E-state index in [1.807, 2.05) is 6.92 Å². The minimum Gasteiger partial charge on any atom is -0.452 e. The molecule has 0 aliphatic carbocycles. The van der Waals surface area contributed by atoms with Crippen LogP contribution in [0.5, 0.6) is 0 Å². The summed E-state index contributed by atoms with van der Waals surface area (Å²) in [7, 11) is -3.72. The van der Waals surface area contributed by atoms with E-state index in [1.165, 1.54) is 16.4 Å². The number of esters is 1. The van der Waals surface area contributed by atoms with Gasteiger partial charge in [0.25, 0.3) is 5.91 Å². The first-order valence-corrected chi connectivity index (χ1v) is 11.4. The fourth-order valence-electron chi connectivity index (χ4n) is 3.67. The van der Waals surface area contributed by atoms with Crippen molar-refractivity contribution in [3.8, 4) is 0 Å². The van der Waals surface area contributed by atoms with Gasteiger partial charge in [-0.25, -0.2) is 13.2 Å². The molecule has 0 unspecified atom stereocenters. The molecule has 0 aromatic heterocycles. The number of carbonyl (C=O) groups is 2. The van der Waals surface area contributed by atoms with Gasteiger partial charge < -0.3 is 14.4 Å². The summed E-state index contributed by atoms with van der Waals surface area (Å²) in [6.07, 6.45) is 2.99. The van der Waals surface area contributed by atoms with E-state index in [9.17, 15) is 18.0 Å². The molecule has 8 nitrogen and oxygen atoms in total. The number of ether oxygens (including phenoxy) is 2. The molecule has 9 heteroatoms. The Morgan fingerprint density at radius 3 is 2.59 bits per heavy atom. The van der Waals surface area contributed by atoms with Gasteiger partial charge in [-0.15, -0.1) is 0 Å². The Morgan fingerprint density at radius 1 is 1.17 bits per heavy atom. The van der Waals surface area contributed by atoms with Crippen LogP contribution in [-0.2, 0) is 24.3 Å². The van der Waals surface area contributed by atoms with Crippen LogP contribution in [0.1, 0.15) is 42.1 Å². The molecular weight excluding hydrogens is 396 g/mol. The molecule has 2 aliphatic heterocycles. The number of hydrogen-bond donors (Lipinski definition) is 0. The zero-order chi connectivity index (χ0) is 21.0. The summed E-state index contributed by atoms with van der Waals surface area (Å²) < 4.78 is 37.5. The van der Waals surface area contributed by atoms with E-state index in [2.05, 4.69) is 0 Å². The van der Waals surface area contributed by atoms with Crippen molar-refractivity contribution in [1.82, 2.24) is 9.21 Å². The average Bonchev–Trinajstić information content (AvgIpc) is 2.73. The van der Waals surface area contributed by atoms with Gasteiger partial charge in [-0.3, -0.25) is 4.79 Å². The molecule has 0 radical (unpaired) electrons. The topological polar surface area (TPSA) is 93.2 Å². The molecule has 0 spiro atoms. The van der Waals surface area contributed by atoms with E-state index in [4.69, 9.17) is 9.47 Å². The van der Waals surface area contributed by atoms with E-state index >= 15 is 0 Å². The largest absolute Gasteiger partial charge is 0.452 e. The smallest absolute Gasteiger partial charge is 0.338 e. The lowest BCUT2D eigenvalue weighted by molar-refractivity contribution is -0.137. The molecule has 1 aromatic rings. The summed E-state index contributed by atoms with van der Waals surface area (Å²) in [6.45, 7) is 5.26. The highest BCUT2D eigenvalue weighted by Gasteiger charge is 2.28. The van der Waals surface area contributed by atoms with Crippen molar-refractivity contribution in [2.45, 2.75) is 44.0 Å². The third-order valence-corrected chi connectivity index (χ3v) is 7.38. The summed E-state index contributed by atoms with van der Waals surface area (Å²) in [4.78, 5) is 26.7. The molecule has 160 valence electrons. The molecule has 2 aliphatic rings. The van der Waals surface area contributed by atoms with Crippen molar-refractivity contribution in [2.75, 3.05) is 39.5 Å². The van der Waals surface area contributed by atoms with E-state index in [0.717, 1.165) is 19.3 Å². The van der Waals surface area contributed by atoms with Crippen LogP contribution in [0.3, 0.4) is 0 Å². The minimum absolute atomic E-state index is 0.0351. The fraction of sp³-hybridized carbons (Fsp3) is 0.600. The maximum absolute atomic E-state index is 12.8. The monoisotopic (exact) mass is 424 g/mol. The second-order valence-electron chi connectivity index (χ2n) is 7.50. The molecule has 2 fully saturated rings. The molecular formula is C20H28N2O6S. The van der Waals surface area contributed by atoms with Crippen LogP contribution in [0.25, 0.3) is 0 Å². The predicted molar refractivity (Wildman–Crippen MR) is 106 cm³/mol. The molecule has 0 saturated carbocycles. The van der Waals surface area contributed by atoms with Crippen LogP contribution < -0.4 is 0 Å². The van der Waals surface area contributed by atoms with Crippen LogP contribution in [0.2, 0.25) is 0 Å². The Morgan fingerprint density at radius 2 is 1.90 bits per heavy atom. The van der Waals surface area contributed by atoms with Gasteiger partial charge in [0.2, 0.25) is 10.0 Å². The zero-order valence-electron chi connectivity index (χ0n) is 16.9. The molecule has 2 saturated heterocycles. The first kappa shape index (κ1) is 21.7. The van der Waals surface area contributed by atoms with Crippen molar-refractivity contribution >= 4 is 21.9 Å². The van der Waals surface area contributed by atoms with Crippen molar-refractivity contribution in [2.24, 2.45) is 0 Å². The van der Waals surface area contributed by atoms with Crippen LogP contribution in [0, 0.1) is 6.92 Å². The number of hydrogen-bond acceptors (Lipinski definition) is 6. The third kappa shape index (κ3) is 4.96. The number of morpholine rings is 1. The van der Waals surface area contributed by atoms with Crippen molar-refractivity contribution in [3.05, 3.63) is 29.3 Å². The first-order chi connectivity index (χ1) is 13.8. The van der Waals surface area contributed by atoms with Gasteiger partial charge in [0.1, 0.15) is 0 Å². The maximum Gasteiger partial charge on any atom is 0.338 e. The highest BCUT2D eigenvalue weighted by atomic mass is 32.2. The summed E-state index contributed by atoms with van der Waals surface area (Å²) in [5.74, 6) is -0.917. The number of piperidine rings is 1. The molecule has 29 heavy (non-hydrogen) atoms. The summed E-state index contributed by atoms with van der Waals surface area (Å²) in [5, 5.41) is 0. The Hall–Kier alpha value is -1.97. The van der Waals surface area contributed by atoms with Crippen LogP contribution in [0.4, 0.5) is 0 Å². The number of aryl methyl sites for hydroxylation is 1. The van der Waals surface area contributed by atoms with Crippen LogP contribution >= 0.6 is 0 Å². The Bertz CT molecular complexity index is 864. The minimum atomic E-state index is -3.72. The van der Waals surface area contributed by atoms with Gasteiger partial charge in [0.05, 0.1) is 23.7 Å². The molecule has 0 N–H and O–H groups in total. The zero-order valence-corrected chi connectivity index (χ0v) is 17.7. The van der Waals surface area contributed by atoms with Gasteiger partial charge in [-0.05, 0) is 50.8 Å². The van der Waals surface area contributed by atoms with Crippen LogP contribution in [-0.4, -0.2) is 75.0 Å². The Kier molecular flexibility index (Phi) is 6.92. The number of nitrogens with zero attached hydrogens (tertiary/aromatic N) is 2. The third-order valence-electron chi connectivity index (χ3n) is 5.49. The maximum atomic E-state index is 12.8. The normalized spacial score (nSPS) is 21.0. The van der Waals surface area contributed by atoms with Crippen molar-refractivity contribution < 1.29 is 27.5 Å². The second-order valence-corrected chi connectivity index (χ2v) is 9.44. The van der Waals surface area contributed by atoms with Gasteiger partial charge in [-0.1, -0.05) is 6.07 Å². The van der Waals surface area contributed by atoms with E-state index in [-0.39, 0.29) is 42.1 Å². The number of rotatable bonds is 5. The van der Waals surface area contributed by atoms with Crippen molar-refractivity contribution in [3.63, 3.8) is 0 Å². The van der Waals surface area contributed by atoms with E-state index in [1.54, 1.807) is 17.9 Å². The lowest BCUT2D eigenvalue weighted by atomic mass is 10.0. The number of sulfonamides is 1. The van der Waals surface area contributed by atoms with Crippen molar-refractivity contribution in [1.29, 1.82) is 0 Å². The quantitative estimate of drug-likeness (QED) is 0.666. The van der Waals surface area contributed by atoms with Gasteiger partial charge in [0, 0.05) is 25.7 Å². The number of amides is 1. The van der Waals surface area contributed by atoms with Gasteiger partial charge in [-0.2, -0.15) is 4.31 Å².